The third kappa shape index (κ3) is 6.24. The van der Waals surface area contributed by atoms with Crippen molar-refractivity contribution < 1.29 is 29.0 Å². The fourth-order valence-corrected chi connectivity index (χ4v) is 7.63. The molecule has 2 saturated heterocycles. The molecule has 2 aromatic carbocycles. The first kappa shape index (κ1) is 33.0. The Bertz CT molecular complexity index is 1960. The summed E-state index contributed by atoms with van der Waals surface area (Å²) >= 11 is 0. The Labute approximate surface area is 286 Å². The number of hydrogen-bond acceptors (Lipinski definition) is 8. The van der Waals surface area contributed by atoms with Crippen LogP contribution in [0.5, 0.6) is 5.75 Å². The van der Waals surface area contributed by atoms with Crippen LogP contribution in [0.3, 0.4) is 0 Å². The van der Waals surface area contributed by atoms with Crippen molar-refractivity contribution >= 4 is 28.5 Å². The minimum absolute atomic E-state index is 0.0990. The number of carbonyl (C=O) groups is 2. The number of phenolic OH excluding ortho intramolecular Hbond substituents is 1. The molecule has 0 spiro atoms. The predicted octanol–water partition coefficient (Wildman–Crippen LogP) is 6.95. The lowest BCUT2D eigenvalue weighted by molar-refractivity contribution is -0.160. The van der Waals surface area contributed by atoms with Crippen LogP contribution in [0.25, 0.3) is 39.4 Å². The SMILES string of the molecule is CC(=O)N1CC(N2CCC(C3=CC(C)c4ccc(-c5nc6cc(C)c(C(OC(C)(C)C)C(=O)O)c(-c7ccc(O)cc7)c6o5)nc43)CC2)C1. The highest BCUT2D eigenvalue weighted by atomic mass is 16.5. The molecule has 2 aliphatic heterocycles. The van der Waals surface area contributed by atoms with Gasteiger partial charge in [-0.3, -0.25) is 9.69 Å². The summed E-state index contributed by atoms with van der Waals surface area (Å²) in [6.07, 6.45) is 3.18. The van der Waals surface area contributed by atoms with Crippen molar-refractivity contribution in [2.75, 3.05) is 26.2 Å². The monoisotopic (exact) mass is 664 g/mol. The predicted molar refractivity (Wildman–Crippen MR) is 187 cm³/mol. The number of nitrogens with zero attached hydrogens (tertiary/aromatic N) is 4. The summed E-state index contributed by atoms with van der Waals surface area (Å²) in [4.78, 5) is 38.9. The summed E-state index contributed by atoms with van der Waals surface area (Å²) in [6, 6.07) is 13.0. The lowest BCUT2D eigenvalue weighted by atomic mass is 9.87. The molecule has 2 atom stereocenters. The molecule has 4 aromatic rings. The van der Waals surface area contributed by atoms with Gasteiger partial charge in [-0.25, -0.2) is 14.8 Å². The number of fused-ring (bicyclic) bond motifs is 2. The highest BCUT2D eigenvalue weighted by Crippen LogP contribution is 2.45. The van der Waals surface area contributed by atoms with Crippen LogP contribution in [-0.2, 0) is 14.3 Å². The van der Waals surface area contributed by atoms with Gasteiger partial charge in [-0.1, -0.05) is 31.2 Å². The maximum Gasteiger partial charge on any atom is 0.337 e. The summed E-state index contributed by atoms with van der Waals surface area (Å²) in [5, 5.41) is 20.4. The van der Waals surface area contributed by atoms with Crippen LogP contribution >= 0.6 is 0 Å². The standard InChI is InChI=1S/C39H44N4O6/c1-21-17-29(24-13-15-42(16-14-24)26-19-43(20-26)23(3)44)34-28(21)11-12-30(40-34)37-41-31-18-22(2)32(36(38(46)47)49-39(4,5)6)33(35(31)48-37)25-7-9-27(45)10-8-25/h7-12,17-18,21,24,26,36,45H,13-16,19-20H2,1-6H3,(H,46,47). The molecule has 2 unspecified atom stereocenters. The fraction of sp³-hybridized carbons (Fsp3) is 0.436. The van der Waals surface area contributed by atoms with Gasteiger partial charge in [0.25, 0.3) is 0 Å². The van der Waals surface area contributed by atoms with Crippen molar-refractivity contribution in [2.24, 2.45) is 5.92 Å². The van der Waals surface area contributed by atoms with Crippen LogP contribution in [-0.4, -0.2) is 79.7 Å². The number of aromatic hydroxyl groups is 1. The van der Waals surface area contributed by atoms with Gasteiger partial charge in [0.2, 0.25) is 11.8 Å². The Morgan fingerprint density at radius 2 is 1.73 bits per heavy atom. The second-order valence-electron chi connectivity index (χ2n) is 14.8. The van der Waals surface area contributed by atoms with Crippen molar-refractivity contribution in [3.05, 3.63) is 70.9 Å². The normalized spacial score (nSPS) is 19.5. The molecule has 3 aliphatic rings. The quantitative estimate of drug-likeness (QED) is 0.216. The molecule has 7 rings (SSSR count). The highest BCUT2D eigenvalue weighted by Gasteiger charge is 2.38. The molecule has 4 heterocycles. The van der Waals surface area contributed by atoms with Crippen LogP contribution in [0.15, 0.2) is 53.0 Å². The zero-order valence-corrected chi connectivity index (χ0v) is 29.0. The maximum absolute atomic E-state index is 12.7. The largest absolute Gasteiger partial charge is 0.508 e. The van der Waals surface area contributed by atoms with Gasteiger partial charge >= 0.3 is 5.97 Å². The number of amides is 1. The lowest BCUT2D eigenvalue weighted by Crippen LogP contribution is -2.61. The number of aryl methyl sites for hydroxylation is 1. The first-order valence-corrected chi connectivity index (χ1v) is 17.1. The van der Waals surface area contributed by atoms with E-state index in [-0.39, 0.29) is 17.6 Å². The average molecular weight is 665 g/mol. The molecule has 0 bridgehead atoms. The van der Waals surface area contributed by atoms with Gasteiger partial charge in [0, 0.05) is 43.1 Å². The summed E-state index contributed by atoms with van der Waals surface area (Å²) in [7, 11) is 0. The molecule has 2 aromatic heterocycles. The van der Waals surface area contributed by atoms with Crippen LogP contribution in [0.2, 0.25) is 0 Å². The third-order valence-electron chi connectivity index (χ3n) is 10.2. The molecule has 1 amide bonds. The lowest BCUT2D eigenvalue weighted by Gasteiger charge is -2.47. The highest BCUT2D eigenvalue weighted by molar-refractivity contribution is 5.97. The summed E-state index contributed by atoms with van der Waals surface area (Å²) < 4.78 is 12.7. The average Bonchev–Trinajstić information content (AvgIpc) is 3.59. The van der Waals surface area contributed by atoms with Crippen molar-refractivity contribution in [3.8, 4) is 28.5 Å². The smallest absolute Gasteiger partial charge is 0.337 e. The van der Waals surface area contributed by atoms with Gasteiger partial charge in [0.05, 0.1) is 11.3 Å². The number of benzene rings is 2. The molecule has 2 fully saturated rings. The summed E-state index contributed by atoms with van der Waals surface area (Å²) in [5.74, 6) is 0.152. The first-order valence-electron chi connectivity index (χ1n) is 17.1. The fourth-order valence-electron chi connectivity index (χ4n) is 7.63. The Hall–Kier alpha value is -4.54. The number of carboxylic acids is 1. The van der Waals surface area contributed by atoms with Crippen molar-refractivity contribution in [1.29, 1.82) is 0 Å². The van der Waals surface area contributed by atoms with Crippen LogP contribution in [0.4, 0.5) is 0 Å². The Morgan fingerprint density at radius 3 is 2.37 bits per heavy atom. The van der Waals surface area contributed by atoms with E-state index in [4.69, 9.17) is 19.1 Å². The van der Waals surface area contributed by atoms with Gasteiger partial charge in [0.15, 0.2) is 11.7 Å². The van der Waals surface area contributed by atoms with Crippen LogP contribution < -0.4 is 0 Å². The molecule has 0 saturated carbocycles. The number of allylic oxidation sites excluding steroid dienone is 2. The second kappa shape index (κ2) is 12.4. The minimum Gasteiger partial charge on any atom is -0.508 e. The van der Waals surface area contributed by atoms with Crippen LogP contribution in [0.1, 0.15) is 81.9 Å². The number of phenols is 1. The van der Waals surface area contributed by atoms with E-state index in [1.54, 1.807) is 31.2 Å². The third-order valence-corrected chi connectivity index (χ3v) is 10.2. The summed E-state index contributed by atoms with van der Waals surface area (Å²) in [6.45, 7) is 14.8. The topological polar surface area (TPSA) is 129 Å². The van der Waals surface area contributed by atoms with E-state index in [0.29, 0.717) is 56.9 Å². The zero-order chi connectivity index (χ0) is 34.8. The van der Waals surface area contributed by atoms with Gasteiger partial charge in [0.1, 0.15) is 17.0 Å². The molecule has 49 heavy (non-hydrogen) atoms. The van der Waals surface area contributed by atoms with E-state index in [1.807, 2.05) is 44.7 Å². The summed E-state index contributed by atoms with van der Waals surface area (Å²) in [5.41, 5.74) is 6.79. The minimum atomic E-state index is -1.27. The van der Waals surface area contributed by atoms with Crippen molar-refractivity contribution in [2.45, 2.75) is 78.0 Å². The number of carbonyl (C=O) groups excluding carboxylic acids is 1. The Balaban J connectivity index is 1.24. The number of ether oxygens (including phenoxy) is 1. The van der Waals surface area contributed by atoms with Crippen LogP contribution in [0, 0.1) is 12.8 Å². The molecule has 10 heteroatoms. The number of hydrogen-bond donors (Lipinski definition) is 2. The molecule has 0 radical (unpaired) electrons. The van der Waals surface area contributed by atoms with Gasteiger partial charge in [-0.05, 0) is 106 Å². The van der Waals surface area contributed by atoms with Gasteiger partial charge in [-0.2, -0.15) is 0 Å². The van der Waals surface area contributed by atoms with E-state index in [2.05, 4.69) is 24.0 Å². The molecule has 256 valence electrons. The van der Waals surface area contributed by atoms with E-state index in [9.17, 15) is 19.8 Å². The number of rotatable bonds is 7. The number of pyridine rings is 1. The van der Waals surface area contributed by atoms with E-state index < -0.39 is 17.7 Å². The number of aromatic nitrogens is 2. The van der Waals surface area contributed by atoms with Gasteiger partial charge < -0.3 is 24.3 Å². The second-order valence-corrected chi connectivity index (χ2v) is 14.8. The first-order chi connectivity index (χ1) is 23.3. The van der Waals surface area contributed by atoms with E-state index in [1.165, 1.54) is 11.1 Å². The number of piperidine rings is 1. The number of aliphatic carboxylic acids is 1. The number of oxazole rings is 1. The number of likely N-dealkylation sites (tertiary alicyclic amines) is 2. The molecule has 2 N–H and O–H groups in total. The molecular formula is C39H44N4O6. The molecular weight excluding hydrogens is 620 g/mol. The zero-order valence-electron chi connectivity index (χ0n) is 29.0. The molecule has 1 aliphatic carbocycles. The van der Waals surface area contributed by atoms with Crippen molar-refractivity contribution in [3.63, 3.8) is 0 Å². The van der Waals surface area contributed by atoms with E-state index in [0.717, 1.165) is 44.7 Å². The maximum atomic E-state index is 12.7. The molecule has 10 nitrogen and oxygen atoms in total. The van der Waals surface area contributed by atoms with E-state index >= 15 is 0 Å². The van der Waals surface area contributed by atoms with Crippen molar-refractivity contribution in [1.82, 2.24) is 19.8 Å². The Morgan fingerprint density at radius 1 is 1.04 bits per heavy atom. The van der Waals surface area contributed by atoms with Gasteiger partial charge in [-0.15, -0.1) is 0 Å². The number of carboxylic acid groups (broad SMARTS) is 1. The Kier molecular flexibility index (Phi) is 8.35.